The lowest BCUT2D eigenvalue weighted by Gasteiger charge is -2.16. The lowest BCUT2D eigenvalue weighted by molar-refractivity contribution is -0.115. The van der Waals surface area contributed by atoms with Crippen LogP contribution < -0.4 is 9.64 Å². The Morgan fingerprint density at radius 1 is 1.14 bits per heavy atom. The van der Waals surface area contributed by atoms with Gasteiger partial charge in [-0.15, -0.1) is 11.8 Å². The van der Waals surface area contributed by atoms with Crippen LogP contribution in [0.15, 0.2) is 59.1 Å². The van der Waals surface area contributed by atoms with Crippen molar-refractivity contribution in [3.05, 3.63) is 59.1 Å². The molecule has 0 aliphatic heterocycles. The molecule has 0 spiro atoms. The van der Waals surface area contributed by atoms with Gasteiger partial charge >= 0.3 is 0 Å². The molecule has 22 heavy (non-hydrogen) atoms. The second-order valence-electron chi connectivity index (χ2n) is 4.64. The maximum absolute atomic E-state index is 12.1. The quantitative estimate of drug-likeness (QED) is 0.674. The molecule has 0 N–H and O–H groups in total. The molecule has 0 aromatic heterocycles. The fourth-order valence-electron chi connectivity index (χ4n) is 1.80. The second-order valence-corrected chi connectivity index (χ2v) is 6.66. The van der Waals surface area contributed by atoms with Gasteiger partial charge in [-0.3, -0.25) is 4.79 Å². The van der Waals surface area contributed by atoms with E-state index in [1.807, 2.05) is 54.6 Å². The van der Waals surface area contributed by atoms with Crippen LogP contribution in [0.25, 0.3) is 0 Å². The van der Waals surface area contributed by atoms with Crippen LogP contribution in [0.3, 0.4) is 0 Å². The van der Waals surface area contributed by atoms with Crippen molar-refractivity contribution in [2.45, 2.75) is 0 Å². The highest BCUT2D eigenvalue weighted by atomic mass is 79.9. The zero-order valence-corrected chi connectivity index (χ0v) is 14.8. The summed E-state index contributed by atoms with van der Waals surface area (Å²) in [6.07, 6.45) is 0. The van der Waals surface area contributed by atoms with Crippen molar-refractivity contribution in [1.82, 2.24) is 0 Å². The molecule has 1 amide bonds. The summed E-state index contributed by atoms with van der Waals surface area (Å²) in [4.78, 5) is 13.8. The lowest BCUT2D eigenvalue weighted by atomic mass is 10.3. The number of hydrogen-bond donors (Lipinski definition) is 0. The van der Waals surface area contributed by atoms with E-state index in [-0.39, 0.29) is 5.91 Å². The SMILES string of the molecule is CN(C(=O)CSCCOc1ccc(Br)cc1)c1ccccc1. The first-order chi connectivity index (χ1) is 10.7. The first-order valence-corrected chi connectivity index (χ1v) is 8.89. The summed E-state index contributed by atoms with van der Waals surface area (Å²) < 4.78 is 6.65. The minimum Gasteiger partial charge on any atom is -0.493 e. The van der Waals surface area contributed by atoms with E-state index in [0.29, 0.717) is 12.4 Å². The van der Waals surface area contributed by atoms with Gasteiger partial charge < -0.3 is 9.64 Å². The van der Waals surface area contributed by atoms with E-state index >= 15 is 0 Å². The minimum atomic E-state index is 0.0971. The third-order valence-electron chi connectivity index (χ3n) is 3.05. The van der Waals surface area contributed by atoms with Crippen molar-refractivity contribution in [1.29, 1.82) is 0 Å². The highest BCUT2D eigenvalue weighted by molar-refractivity contribution is 9.10. The van der Waals surface area contributed by atoms with Gasteiger partial charge in [-0.25, -0.2) is 0 Å². The highest BCUT2D eigenvalue weighted by Crippen LogP contribution is 2.17. The number of anilines is 1. The summed E-state index contributed by atoms with van der Waals surface area (Å²) in [5.41, 5.74) is 0.916. The van der Waals surface area contributed by atoms with E-state index < -0.39 is 0 Å². The number of carbonyl (C=O) groups is 1. The summed E-state index contributed by atoms with van der Waals surface area (Å²) in [6, 6.07) is 17.4. The molecule has 0 unspecified atom stereocenters. The lowest BCUT2D eigenvalue weighted by Crippen LogP contribution is -2.28. The molecule has 0 fully saturated rings. The maximum Gasteiger partial charge on any atom is 0.236 e. The topological polar surface area (TPSA) is 29.5 Å². The Hall–Kier alpha value is -1.46. The molecule has 116 valence electrons. The molecular formula is C17H18BrNO2S. The predicted molar refractivity (Wildman–Crippen MR) is 96.8 cm³/mol. The summed E-state index contributed by atoms with van der Waals surface area (Å²) >= 11 is 4.97. The molecule has 0 saturated heterocycles. The van der Waals surface area contributed by atoms with Gasteiger partial charge in [0.15, 0.2) is 0 Å². The molecule has 5 heteroatoms. The Bertz CT molecular complexity index is 589. The summed E-state index contributed by atoms with van der Waals surface area (Å²) in [6.45, 7) is 0.592. The number of halogens is 1. The van der Waals surface area contributed by atoms with E-state index in [1.165, 1.54) is 0 Å². The van der Waals surface area contributed by atoms with Crippen molar-refractivity contribution < 1.29 is 9.53 Å². The van der Waals surface area contributed by atoms with Crippen LogP contribution in [0, 0.1) is 0 Å². The van der Waals surface area contributed by atoms with Gasteiger partial charge in [-0.1, -0.05) is 34.1 Å². The molecule has 2 aromatic carbocycles. The molecule has 0 atom stereocenters. The number of hydrogen-bond acceptors (Lipinski definition) is 3. The van der Waals surface area contributed by atoms with E-state index in [1.54, 1.807) is 23.7 Å². The number of carbonyl (C=O) groups excluding carboxylic acids is 1. The van der Waals surface area contributed by atoms with Crippen molar-refractivity contribution in [3.8, 4) is 5.75 Å². The fourth-order valence-corrected chi connectivity index (χ4v) is 2.78. The number of ether oxygens (including phenoxy) is 1. The molecule has 0 bridgehead atoms. The Kier molecular flexibility index (Phi) is 6.80. The zero-order chi connectivity index (χ0) is 15.8. The zero-order valence-electron chi connectivity index (χ0n) is 12.4. The number of rotatable bonds is 7. The number of para-hydroxylation sites is 1. The number of thioether (sulfide) groups is 1. The second kappa shape index (κ2) is 8.86. The summed E-state index contributed by atoms with van der Waals surface area (Å²) in [7, 11) is 1.80. The van der Waals surface area contributed by atoms with Crippen LogP contribution >= 0.6 is 27.7 Å². The van der Waals surface area contributed by atoms with Crippen LogP contribution in [0.5, 0.6) is 5.75 Å². The molecule has 3 nitrogen and oxygen atoms in total. The van der Waals surface area contributed by atoms with Crippen molar-refractivity contribution in [2.75, 3.05) is 30.1 Å². The Balaban J connectivity index is 1.66. The molecule has 0 saturated carbocycles. The van der Waals surface area contributed by atoms with Gasteiger partial charge in [0.05, 0.1) is 12.4 Å². The molecule has 0 aliphatic carbocycles. The van der Waals surface area contributed by atoms with Crippen LogP contribution in [-0.4, -0.2) is 31.1 Å². The molecule has 2 aromatic rings. The molecule has 0 radical (unpaired) electrons. The van der Waals surface area contributed by atoms with Crippen LogP contribution in [0.2, 0.25) is 0 Å². The van der Waals surface area contributed by atoms with Gasteiger partial charge in [0.1, 0.15) is 5.75 Å². The third kappa shape index (κ3) is 5.39. The molecular weight excluding hydrogens is 362 g/mol. The van der Waals surface area contributed by atoms with Crippen LogP contribution in [0.4, 0.5) is 5.69 Å². The Labute approximate surface area is 143 Å². The van der Waals surface area contributed by atoms with E-state index in [0.717, 1.165) is 21.7 Å². The molecule has 0 heterocycles. The van der Waals surface area contributed by atoms with Crippen LogP contribution in [0.1, 0.15) is 0 Å². The van der Waals surface area contributed by atoms with Crippen molar-refractivity contribution in [3.63, 3.8) is 0 Å². The highest BCUT2D eigenvalue weighted by Gasteiger charge is 2.10. The fraction of sp³-hybridized carbons (Fsp3) is 0.235. The van der Waals surface area contributed by atoms with E-state index in [9.17, 15) is 4.79 Å². The first kappa shape index (κ1) is 16.9. The number of benzene rings is 2. The van der Waals surface area contributed by atoms with E-state index in [2.05, 4.69) is 15.9 Å². The standard InChI is InChI=1S/C17H18BrNO2S/c1-19(15-5-3-2-4-6-15)17(20)13-22-12-11-21-16-9-7-14(18)8-10-16/h2-10H,11-13H2,1H3. The first-order valence-electron chi connectivity index (χ1n) is 6.94. The maximum atomic E-state index is 12.1. The molecule has 0 aliphatic rings. The third-order valence-corrected chi connectivity index (χ3v) is 4.49. The molecule has 2 rings (SSSR count). The van der Waals surface area contributed by atoms with Gasteiger partial charge in [0.25, 0.3) is 0 Å². The van der Waals surface area contributed by atoms with Gasteiger partial charge in [-0.2, -0.15) is 0 Å². The Morgan fingerprint density at radius 3 is 2.50 bits per heavy atom. The Morgan fingerprint density at radius 2 is 1.82 bits per heavy atom. The van der Waals surface area contributed by atoms with Crippen LogP contribution in [-0.2, 0) is 4.79 Å². The smallest absolute Gasteiger partial charge is 0.236 e. The average Bonchev–Trinajstić information content (AvgIpc) is 2.56. The number of nitrogens with zero attached hydrogens (tertiary/aromatic N) is 1. The average molecular weight is 380 g/mol. The van der Waals surface area contributed by atoms with Gasteiger partial charge in [0, 0.05) is 23.0 Å². The van der Waals surface area contributed by atoms with Crippen molar-refractivity contribution >= 4 is 39.3 Å². The van der Waals surface area contributed by atoms with E-state index in [4.69, 9.17) is 4.74 Å². The predicted octanol–water partition coefficient (Wildman–Crippen LogP) is 4.22. The van der Waals surface area contributed by atoms with Gasteiger partial charge in [0.2, 0.25) is 5.91 Å². The summed E-state index contributed by atoms with van der Waals surface area (Å²) in [5.74, 6) is 2.18. The number of amides is 1. The summed E-state index contributed by atoms with van der Waals surface area (Å²) in [5, 5.41) is 0. The normalized spacial score (nSPS) is 10.3. The van der Waals surface area contributed by atoms with Gasteiger partial charge in [-0.05, 0) is 36.4 Å². The minimum absolute atomic E-state index is 0.0971. The van der Waals surface area contributed by atoms with Crippen molar-refractivity contribution in [2.24, 2.45) is 0 Å². The largest absolute Gasteiger partial charge is 0.493 e. The monoisotopic (exact) mass is 379 g/mol.